The van der Waals surface area contributed by atoms with Crippen LogP contribution in [-0.2, 0) is 25.4 Å². The van der Waals surface area contributed by atoms with Gasteiger partial charge in [-0.05, 0) is 67.5 Å². The van der Waals surface area contributed by atoms with E-state index in [1.807, 2.05) is 48.5 Å². The van der Waals surface area contributed by atoms with Gasteiger partial charge in [-0.15, -0.1) is 0 Å². The predicted molar refractivity (Wildman–Crippen MR) is 124 cm³/mol. The molecule has 2 aromatic carbocycles. The van der Waals surface area contributed by atoms with Crippen LogP contribution in [0.2, 0.25) is 0 Å². The van der Waals surface area contributed by atoms with E-state index in [0.29, 0.717) is 11.4 Å². The Kier molecular flexibility index (Phi) is 8.16. The van der Waals surface area contributed by atoms with Gasteiger partial charge in [0.15, 0.2) is 0 Å². The molecule has 0 radical (unpaired) electrons. The van der Waals surface area contributed by atoms with Crippen molar-refractivity contribution in [3.05, 3.63) is 59.7 Å². The van der Waals surface area contributed by atoms with Gasteiger partial charge in [0.2, 0.25) is 0 Å². The van der Waals surface area contributed by atoms with Crippen molar-refractivity contribution in [2.24, 2.45) is 0 Å². The minimum absolute atomic E-state index is 0.0110. The maximum absolute atomic E-state index is 11.9. The topological polar surface area (TPSA) is 95.1 Å². The molecule has 2 fully saturated rings. The zero-order valence-corrected chi connectivity index (χ0v) is 18.6. The van der Waals surface area contributed by atoms with Crippen molar-refractivity contribution in [3.8, 4) is 0 Å². The molecule has 33 heavy (non-hydrogen) atoms. The summed E-state index contributed by atoms with van der Waals surface area (Å²) in [6.07, 6.45) is 3.68. The van der Waals surface area contributed by atoms with Gasteiger partial charge in [0, 0.05) is 24.6 Å². The summed E-state index contributed by atoms with van der Waals surface area (Å²) in [6.45, 7) is 2.03. The fourth-order valence-corrected chi connectivity index (χ4v) is 3.84. The summed E-state index contributed by atoms with van der Waals surface area (Å²) in [5.74, 6) is 0. The Hall–Kier alpha value is -3.10. The van der Waals surface area contributed by atoms with Gasteiger partial charge in [0.25, 0.3) is 0 Å². The summed E-state index contributed by atoms with van der Waals surface area (Å²) in [5.41, 5.74) is 3.56. The van der Waals surface area contributed by atoms with Crippen molar-refractivity contribution >= 4 is 23.6 Å². The predicted octanol–water partition coefficient (Wildman–Crippen LogP) is 4.73. The third-order valence-electron chi connectivity index (χ3n) is 5.66. The number of hydrogen-bond donors (Lipinski definition) is 2. The summed E-state index contributed by atoms with van der Waals surface area (Å²) >= 11 is 0. The summed E-state index contributed by atoms with van der Waals surface area (Å²) in [6, 6.07) is 15.2. The van der Waals surface area contributed by atoms with Gasteiger partial charge < -0.3 is 18.9 Å². The second-order valence-electron chi connectivity index (χ2n) is 8.29. The minimum Gasteiger partial charge on any atom is -0.447 e. The summed E-state index contributed by atoms with van der Waals surface area (Å²) < 4.78 is 21.3. The largest absolute Gasteiger partial charge is 0.447 e. The number of hydrogen-bond acceptors (Lipinski definition) is 6. The van der Waals surface area contributed by atoms with E-state index in [2.05, 4.69) is 10.6 Å². The molecule has 2 atom stereocenters. The van der Waals surface area contributed by atoms with Crippen LogP contribution in [0.25, 0.3) is 0 Å². The summed E-state index contributed by atoms with van der Waals surface area (Å²) in [7, 11) is 0. The molecule has 176 valence electrons. The number of ether oxygens (including phenoxy) is 4. The number of carbonyl (C=O) groups excluding carboxylic acids is 2. The van der Waals surface area contributed by atoms with Crippen molar-refractivity contribution in [1.29, 1.82) is 0 Å². The van der Waals surface area contributed by atoms with Crippen LogP contribution in [0.4, 0.5) is 21.0 Å². The lowest BCUT2D eigenvalue weighted by Crippen LogP contribution is -2.21. The quantitative estimate of drug-likeness (QED) is 0.599. The Morgan fingerprint density at radius 3 is 1.52 bits per heavy atom. The van der Waals surface area contributed by atoms with E-state index in [1.165, 1.54) is 0 Å². The molecule has 0 aliphatic carbocycles. The average molecular weight is 455 g/mol. The third kappa shape index (κ3) is 7.47. The number of rotatable bonds is 8. The van der Waals surface area contributed by atoms with Crippen LogP contribution in [0, 0.1) is 0 Å². The number of amides is 2. The second-order valence-corrected chi connectivity index (χ2v) is 8.29. The number of nitrogens with one attached hydrogen (secondary N) is 2. The Morgan fingerprint density at radius 2 is 1.15 bits per heavy atom. The smallest absolute Gasteiger partial charge is 0.411 e. The van der Waals surface area contributed by atoms with Crippen molar-refractivity contribution in [2.75, 3.05) is 37.1 Å². The van der Waals surface area contributed by atoms with Crippen LogP contribution in [0.3, 0.4) is 0 Å². The maximum Gasteiger partial charge on any atom is 0.411 e. The first-order chi connectivity index (χ1) is 16.1. The van der Waals surface area contributed by atoms with Gasteiger partial charge in [-0.25, -0.2) is 9.59 Å². The Morgan fingerprint density at radius 1 is 0.727 bits per heavy atom. The second kappa shape index (κ2) is 11.7. The molecule has 2 aromatic rings. The molecule has 0 bridgehead atoms. The van der Waals surface area contributed by atoms with Gasteiger partial charge in [-0.3, -0.25) is 10.6 Å². The lowest BCUT2D eigenvalue weighted by Gasteiger charge is -2.12. The van der Waals surface area contributed by atoms with Crippen LogP contribution in [0.15, 0.2) is 48.5 Å². The molecule has 2 heterocycles. The van der Waals surface area contributed by atoms with Crippen LogP contribution < -0.4 is 10.6 Å². The zero-order chi connectivity index (χ0) is 22.9. The molecule has 2 aliphatic heterocycles. The normalized spacial score (nSPS) is 19.8. The highest BCUT2D eigenvalue weighted by atomic mass is 16.6. The van der Waals surface area contributed by atoms with Gasteiger partial charge >= 0.3 is 12.2 Å². The Labute approximate surface area is 193 Å². The standard InChI is InChI=1S/C25H30N2O6/c28-24(32-16-22-3-1-13-30-22)26-20-9-5-18(6-10-20)15-19-7-11-21(12-8-19)27-25(29)33-17-23-4-2-14-31-23/h5-12,22-23H,1-4,13-17H2,(H,26,28)(H,27,29). The molecular formula is C25H30N2O6. The first-order valence-electron chi connectivity index (χ1n) is 11.4. The SMILES string of the molecule is O=C(Nc1ccc(Cc2ccc(NC(=O)OCC3CCCO3)cc2)cc1)OCC1CCCO1. The van der Waals surface area contributed by atoms with Crippen molar-refractivity contribution in [3.63, 3.8) is 0 Å². The Bertz CT molecular complexity index is 828. The zero-order valence-electron chi connectivity index (χ0n) is 18.6. The highest BCUT2D eigenvalue weighted by Gasteiger charge is 2.18. The van der Waals surface area contributed by atoms with E-state index >= 15 is 0 Å². The maximum atomic E-state index is 11.9. The molecule has 8 nitrogen and oxygen atoms in total. The fourth-order valence-electron chi connectivity index (χ4n) is 3.84. The fraction of sp³-hybridized carbons (Fsp3) is 0.440. The molecule has 2 saturated heterocycles. The minimum atomic E-state index is -0.476. The molecule has 2 aliphatic rings. The number of benzene rings is 2. The molecular weight excluding hydrogens is 424 g/mol. The highest BCUT2D eigenvalue weighted by molar-refractivity contribution is 5.85. The first-order valence-corrected chi connectivity index (χ1v) is 11.4. The van der Waals surface area contributed by atoms with Crippen molar-refractivity contribution in [1.82, 2.24) is 0 Å². The monoisotopic (exact) mass is 454 g/mol. The van der Waals surface area contributed by atoms with E-state index in [0.717, 1.165) is 56.4 Å². The van der Waals surface area contributed by atoms with Crippen LogP contribution in [0.5, 0.6) is 0 Å². The molecule has 4 rings (SSSR count). The lowest BCUT2D eigenvalue weighted by molar-refractivity contribution is 0.0484. The average Bonchev–Trinajstić information content (AvgIpc) is 3.53. The van der Waals surface area contributed by atoms with Gasteiger partial charge in [0.05, 0.1) is 12.2 Å². The molecule has 0 aromatic heterocycles. The van der Waals surface area contributed by atoms with E-state index in [1.54, 1.807) is 0 Å². The van der Waals surface area contributed by atoms with Crippen LogP contribution in [0.1, 0.15) is 36.8 Å². The van der Waals surface area contributed by atoms with Crippen LogP contribution in [-0.4, -0.2) is 50.8 Å². The number of anilines is 2. The van der Waals surface area contributed by atoms with Crippen molar-refractivity contribution in [2.45, 2.75) is 44.3 Å². The molecule has 0 saturated carbocycles. The highest BCUT2D eigenvalue weighted by Crippen LogP contribution is 2.17. The van der Waals surface area contributed by atoms with E-state index in [4.69, 9.17) is 18.9 Å². The van der Waals surface area contributed by atoms with E-state index in [-0.39, 0.29) is 25.4 Å². The Balaban J connectivity index is 1.19. The molecule has 0 spiro atoms. The van der Waals surface area contributed by atoms with Gasteiger partial charge in [-0.2, -0.15) is 0 Å². The summed E-state index contributed by atoms with van der Waals surface area (Å²) in [4.78, 5) is 23.9. The molecule has 2 unspecified atom stereocenters. The van der Waals surface area contributed by atoms with Crippen molar-refractivity contribution < 1.29 is 28.5 Å². The molecule has 8 heteroatoms. The van der Waals surface area contributed by atoms with E-state index < -0.39 is 12.2 Å². The number of carbonyl (C=O) groups is 2. The molecule has 2 N–H and O–H groups in total. The van der Waals surface area contributed by atoms with Gasteiger partial charge in [0.1, 0.15) is 13.2 Å². The van der Waals surface area contributed by atoms with Gasteiger partial charge in [-0.1, -0.05) is 24.3 Å². The van der Waals surface area contributed by atoms with E-state index in [9.17, 15) is 9.59 Å². The summed E-state index contributed by atoms with van der Waals surface area (Å²) in [5, 5.41) is 5.47. The van der Waals surface area contributed by atoms with Crippen LogP contribution >= 0.6 is 0 Å². The third-order valence-corrected chi connectivity index (χ3v) is 5.66. The first kappa shape index (κ1) is 23.1. The lowest BCUT2D eigenvalue weighted by atomic mass is 10.0. The molecule has 2 amide bonds.